The molecule has 94 valence electrons. The molecule has 3 nitrogen and oxygen atoms in total. The number of rotatable bonds is 4. The van der Waals surface area contributed by atoms with Crippen LogP contribution in [0.25, 0.3) is 0 Å². The Hall–Kier alpha value is -0.320. The van der Waals surface area contributed by atoms with Crippen molar-refractivity contribution < 1.29 is 5.11 Å². The van der Waals surface area contributed by atoms with Gasteiger partial charge in [0.05, 0.1) is 6.10 Å². The molecule has 0 aliphatic carbocycles. The number of aliphatic hydroxyl groups excluding tert-OH is 1. The molecule has 1 aromatic rings. The van der Waals surface area contributed by atoms with Gasteiger partial charge in [0.2, 0.25) is 0 Å². The quantitative estimate of drug-likeness (QED) is 0.783. The number of hydrogen-bond donors (Lipinski definition) is 3. The number of benzene rings is 1. The molecule has 0 bridgehead atoms. The number of hydrogen-bond acceptors (Lipinski definition) is 3. The van der Waals surface area contributed by atoms with E-state index < -0.39 is 0 Å². The first-order valence-corrected chi connectivity index (χ1v) is 6.46. The first kappa shape index (κ1) is 13.1. The highest BCUT2D eigenvalue weighted by Gasteiger charge is 2.24. The van der Waals surface area contributed by atoms with Gasteiger partial charge in [0, 0.05) is 47.7 Å². The highest BCUT2D eigenvalue weighted by atomic mass is 35.5. The molecule has 5 heteroatoms. The smallest absolute Gasteiger partial charge is 0.0716 e. The monoisotopic (exact) mass is 274 g/mol. The molecule has 2 rings (SSSR count). The lowest BCUT2D eigenvalue weighted by Crippen LogP contribution is -2.30. The number of nitrogens with one attached hydrogen (secondary N) is 2. The van der Waals surface area contributed by atoms with Crippen LogP contribution >= 0.6 is 23.2 Å². The van der Waals surface area contributed by atoms with Crippen molar-refractivity contribution in [3.05, 3.63) is 33.8 Å². The largest absolute Gasteiger partial charge is 0.391 e. The van der Waals surface area contributed by atoms with E-state index in [2.05, 4.69) is 10.6 Å². The SMILES string of the molecule is OC1CNCC1CNCc1c(Cl)cccc1Cl. The van der Waals surface area contributed by atoms with Gasteiger partial charge in [-0.1, -0.05) is 29.3 Å². The van der Waals surface area contributed by atoms with Crippen LogP contribution in [0.3, 0.4) is 0 Å². The number of aliphatic hydroxyl groups is 1. The lowest BCUT2D eigenvalue weighted by atomic mass is 10.1. The summed E-state index contributed by atoms with van der Waals surface area (Å²) in [6.07, 6.45) is -0.260. The molecule has 0 amide bonds. The Labute approximate surface area is 111 Å². The Bertz CT molecular complexity index is 367. The van der Waals surface area contributed by atoms with Gasteiger partial charge in [0.1, 0.15) is 0 Å². The van der Waals surface area contributed by atoms with Gasteiger partial charge in [0.25, 0.3) is 0 Å². The van der Waals surface area contributed by atoms with E-state index >= 15 is 0 Å². The summed E-state index contributed by atoms with van der Waals surface area (Å²) in [5, 5.41) is 17.4. The molecule has 0 saturated carbocycles. The van der Waals surface area contributed by atoms with Crippen molar-refractivity contribution in [2.75, 3.05) is 19.6 Å². The molecular formula is C12H16Cl2N2O. The first-order valence-electron chi connectivity index (χ1n) is 5.71. The average molecular weight is 275 g/mol. The molecule has 1 aliphatic rings. The van der Waals surface area contributed by atoms with Gasteiger partial charge in [-0.15, -0.1) is 0 Å². The molecule has 1 fully saturated rings. The Morgan fingerprint density at radius 1 is 1.29 bits per heavy atom. The van der Waals surface area contributed by atoms with E-state index in [1.807, 2.05) is 18.2 Å². The van der Waals surface area contributed by atoms with Gasteiger partial charge in [-0.2, -0.15) is 0 Å². The summed E-state index contributed by atoms with van der Waals surface area (Å²) in [7, 11) is 0. The second-order valence-electron chi connectivity index (χ2n) is 4.32. The fraction of sp³-hybridized carbons (Fsp3) is 0.500. The van der Waals surface area contributed by atoms with Crippen molar-refractivity contribution in [3.8, 4) is 0 Å². The Morgan fingerprint density at radius 3 is 2.59 bits per heavy atom. The summed E-state index contributed by atoms with van der Waals surface area (Å²) in [6, 6.07) is 5.49. The molecule has 17 heavy (non-hydrogen) atoms. The Kier molecular flexibility index (Phi) is 4.65. The van der Waals surface area contributed by atoms with E-state index in [1.54, 1.807) is 0 Å². The molecule has 0 spiro atoms. The maximum absolute atomic E-state index is 9.64. The molecule has 3 N–H and O–H groups in total. The summed E-state index contributed by atoms with van der Waals surface area (Å²) in [5.74, 6) is 0.260. The summed E-state index contributed by atoms with van der Waals surface area (Å²) < 4.78 is 0. The van der Waals surface area contributed by atoms with Crippen LogP contribution in [0, 0.1) is 5.92 Å². The van der Waals surface area contributed by atoms with E-state index in [9.17, 15) is 5.11 Å². The van der Waals surface area contributed by atoms with E-state index in [0.29, 0.717) is 23.1 Å². The second kappa shape index (κ2) is 6.03. The first-order chi connectivity index (χ1) is 8.18. The standard InChI is InChI=1S/C12H16Cl2N2O/c13-10-2-1-3-11(14)9(10)6-15-4-8-5-16-7-12(8)17/h1-3,8,12,15-17H,4-7H2. The second-order valence-corrected chi connectivity index (χ2v) is 5.13. The highest BCUT2D eigenvalue weighted by Crippen LogP contribution is 2.23. The zero-order valence-electron chi connectivity index (χ0n) is 9.42. The van der Waals surface area contributed by atoms with Crippen LogP contribution in [0.15, 0.2) is 18.2 Å². The van der Waals surface area contributed by atoms with Crippen LogP contribution in [0.4, 0.5) is 0 Å². The number of halogens is 2. The third-order valence-electron chi connectivity index (χ3n) is 3.07. The fourth-order valence-electron chi connectivity index (χ4n) is 2.01. The topological polar surface area (TPSA) is 44.3 Å². The van der Waals surface area contributed by atoms with Crippen LogP contribution < -0.4 is 10.6 Å². The minimum Gasteiger partial charge on any atom is -0.391 e. The van der Waals surface area contributed by atoms with Crippen molar-refractivity contribution in [2.24, 2.45) is 5.92 Å². The molecule has 2 unspecified atom stereocenters. The van der Waals surface area contributed by atoms with Gasteiger partial charge < -0.3 is 15.7 Å². The molecule has 0 radical (unpaired) electrons. The lowest BCUT2D eigenvalue weighted by Gasteiger charge is -2.15. The molecule has 1 saturated heterocycles. The lowest BCUT2D eigenvalue weighted by molar-refractivity contribution is 0.146. The van der Waals surface area contributed by atoms with Crippen LogP contribution in [0.2, 0.25) is 10.0 Å². The maximum atomic E-state index is 9.64. The molecule has 1 aliphatic heterocycles. The minimum absolute atomic E-state index is 0.260. The highest BCUT2D eigenvalue weighted by molar-refractivity contribution is 6.35. The molecule has 0 aromatic heterocycles. The zero-order chi connectivity index (χ0) is 12.3. The predicted molar refractivity (Wildman–Crippen MR) is 70.5 cm³/mol. The van der Waals surface area contributed by atoms with Gasteiger partial charge >= 0.3 is 0 Å². The van der Waals surface area contributed by atoms with Crippen molar-refractivity contribution in [1.82, 2.24) is 10.6 Å². The maximum Gasteiger partial charge on any atom is 0.0716 e. The third-order valence-corrected chi connectivity index (χ3v) is 3.78. The Balaban J connectivity index is 1.86. The van der Waals surface area contributed by atoms with Crippen LogP contribution in [-0.2, 0) is 6.54 Å². The summed E-state index contributed by atoms with van der Waals surface area (Å²) in [4.78, 5) is 0. The van der Waals surface area contributed by atoms with Crippen molar-refractivity contribution in [3.63, 3.8) is 0 Å². The van der Waals surface area contributed by atoms with Crippen molar-refractivity contribution >= 4 is 23.2 Å². The molecular weight excluding hydrogens is 259 g/mol. The summed E-state index contributed by atoms with van der Waals surface area (Å²) in [6.45, 7) is 2.92. The van der Waals surface area contributed by atoms with E-state index in [-0.39, 0.29) is 12.0 Å². The molecule has 1 heterocycles. The summed E-state index contributed by atoms with van der Waals surface area (Å²) >= 11 is 12.1. The van der Waals surface area contributed by atoms with Gasteiger partial charge in [-0.25, -0.2) is 0 Å². The van der Waals surface area contributed by atoms with Crippen LogP contribution in [0.5, 0.6) is 0 Å². The molecule has 2 atom stereocenters. The van der Waals surface area contributed by atoms with E-state index in [1.165, 1.54) is 0 Å². The summed E-state index contributed by atoms with van der Waals surface area (Å²) in [5.41, 5.74) is 0.913. The van der Waals surface area contributed by atoms with E-state index in [4.69, 9.17) is 23.2 Å². The van der Waals surface area contributed by atoms with Crippen molar-refractivity contribution in [1.29, 1.82) is 0 Å². The Morgan fingerprint density at radius 2 is 2.00 bits per heavy atom. The number of β-amino-alcohol motifs (C(OH)–C–C–N with tert-alkyl or cyclic N) is 1. The third kappa shape index (κ3) is 3.33. The van der Waals surface area contributed by atoms with Gasteiger partial charge in [-0.05, 0) is 12.1 Å². The van der Waals surface area contributed by atoms with Gasteiger partial charge in [0.15, 0.2) is 0 Å². The van der Waals surface area contributed by atoms with E-state index in [0.717, 1.165) is 18.7 Å². The van der Waals surface area contributed by atoms with Crippen LogP contribution in [0.1, 0.15) is 5.56 Å². The van der Waals surface area contributed by atoms with Crippen molar-refractivity contribution in [2.45, 2.75) is 12.6 Å². The predicted octanol–water partition coefficient (Wildman–Crippen LogP) is 1.66. The normalized spacial score (nSPS) is 24.2. The minimum atomic E-state index is -0.260. The molecule has 1 aromatic carbocycles. The average Bonchev–Trinajstić information content (AvgIpc) is 2.69. The van der Waals surface area contributed by atoms with Crippen LogP contribution in [-0.4, -0.2) is 30.8 Å². The fourth-order valence-corrected chi connectivity index (χ4v) is 2.54. The van der Waals surface area contributed by atoms with Gasteiger partial charge in [-0.3, -0.25) is 0 Å². The zero-order valence-corrected chi connectivity index (χ0v) is 10.9.